The van der Waals surface area contributed by atoms with Gasteiger partial charge < -0.3 is 14.8 Å². The molecular weight excluding hydrogens is 329 g/mol. The summed E-state index contributed by atoms with van der Waals surface area (Å²) in [5.41, 5.74) is 2.00. The molecule has 1 aromatic heterocycles. The van der Waals surface area contributed by atoms with E-state index in [0.29, 0.717) is 23.0 Å². The van der Waals surface area contributed by atoms with Gasteiger partial charge in [0.05, 0.1) is 5.88 Å². The number of hydrogen-bond donors (Lipinski definition) is 1. The quantitative estimate of drug-likeness (QED) is 0.929. The summed E-state index contributed by atoms with van der Waals surface area (Å²) >= 11 is 1.54. The monoisotopic (exact) mass is 347 g/mol. The van der Waals surface area contributed by atoms with Crippen molar-refractivity contribution >= 4 is 29.3 Å². The molecular formula is C17H18FN3O2S. The molecule has 1 atom stereocenters. The van der Waals surface area contributed by atoms with Crippen LogP contribution in [-0.4, -0.2) is 39.0 Å². The van der Waals surface area contributed by atoms with E-state index in [0.717, 1.165) is 5.56 Å². The smallest absolute Gasteiger partial charge is 0.272 e. The van der Waals surface area contributed by atoms with Crippen LogP contribution in [0.4, 0.5) is 10.1 Å². The van der Waals surface area contributed by atoms with Crippen LogP contribution in [0.2, 0.25) is 0 Å². The summed E-state index contributed by atoms with van der Waals surface area (Å²) in [5, 5.41) is 2.75. The first kappa shape index (κ1) is 16.6. The number of nitrogens with one attached hydrogen (secondary N) is 1. The van der Waals surface area contributed by atoms with E-state index in [1.807, 2.05) is 26.2 Å². The molecule has 1 aromatic carbocycles. The van der Waals surface area contributed by atoms with Gasteiger partial charge in [0.2, 0.25) is 5.91 Å². The molecule has 0 saturated carbocycles. The van der Waals surface area contributed by atoms with E-state index in [4.69, 9.17) is 0 Å². The van der Waals surface area contributed by atoms with Gasteiger partial charge in [-0.1, -0.05) is 0 Å². The molecule has 0 bridgehead atoms. The van der Waals surface area contributed by atoms with Crippen LogP contribution >= 0.6 is 11.8 Å². The lowest BCUT2D eigenvalue weighted by molar-refractivity contribution is -0.119. The Morgan fingerprint density at radius 2 is 1.96 bits per heavy atom. The van der Waals surface area contributed by atoms with E-state index in [2.05, 4.69) is 5.32 Å². The minimum atomic E-state index is -0.540. The number of thioether (sulfide) groups is 1. The molecule has 0 unspecified atom stereocenters. The molecule has 2 heterocycles. The topological polar surface area (TPSA) is 54.3 Å². The lowest BCUT2D eigenvalue weighted by atomic mass is 10.2. The third kappa shape index (κ3) is 3.17. The number of carbonyl (C=O) groups excluding carboxylic acids is 2. The second-order valence-electron chi connectivity index (χ2n) is 5.75. The number of aromatic nitrogens is 1. The molecule has 1 aliphatic rings. The number of hydrogen-bond acceptors (Lipinski definition) is 3. The summed E-state index contributed by atoms with van der Waals surface area (Å²) in [5.74, 6) is 0.254. The van der Waals surface area contributed by atoms with Gasteiger partial charge in [-0.05, 0) is 42.8 Å². The van der Waals surface area contributed by atoms with Gasteiger partial charge in [0.25, 0.3) is 5.91 Å². The van der Waals surface area contributed by atoms with E-state index < -0.39 is 6.04 Å². The van der Waals surface area contributed by atoms with Gasteiger partial charge in [-0.2, -0.15) is 0 Å². The van der Waals surface area contributed by atoms with Crippen LogP contribution in [0.15, 0.2) is 36.5 Å². The molecule has 1 aliphatic heterocycles. The first-order valence-electron chi connectivity index (χ1n) is 7.54. The molecule has 1 fully saturated rings. The predicted octanol–water partition coefficient (Wildman–Crippen LogP) is 2.63. The summed E-state index contributed by atoms with van der Waals surface area (Å²) in [6, 6.07) is 6.92. The fraction of sp³-hybridized carbons (Fsp3) is 0.294. The molecule has 0 radical (unpaired) electrons. The SMILES string of the molecule is Cc1ccn(C)c1C(=O)N1CSC[C@@H]1C(=O)Nc1ccc(F)cc1. The second-order valence-corrected chi connectivity index (χ2v) is 6.74. The van der Waals surface area contributed by atoms with E-state index in [1.54, 1.807) is 21.2 Å². The van der Waals surface area contributed by atoms with Crippen LogP contribution in [0.3, 0.4) is 0 Å². The fourth-order valence-electron chi connectivity index (χ4n) is 2.73. The number of aryl methyl sites for hydroxylation is 2. The Bertz CT molecular complexity index is 753. The first-order chi connectivity index (χ1) is 11.5. The lowest BCUT2D eigenvalue weighted by Gasteiger charge is -2.23. The molecule has 7 heteroatoms. The highest BCUT2D eigenvalue weighted by Gasteiger charge is 2.36. The predicted molar refractivity (Wildman–Crippen MR) is 92.5 cm³/mol. The van der Waals surface area contributed by atoms with Crippen molar-refractivity contribution in [2.75, 3.05) is 16.9 Å². The van der Waals surface area contributed by atoms with E-state index >= 15 is 0 Å². The zero-order valence-electron chi connectivity index (χ0n) is 13.5. The molecule has 24 heavy (non-hydrogen) atoms. The Labute approximate surface area is 143 Å². The third-order valence-electron chi connectivity index (χ3n) is 4.03. The molecule has 2 amide bonds. The molecule has 5 nitrogen and oxygen atoms in total. The van der Waals surface area contributed by atoms with E-state index in [1.165, 1.54) is 24.3 Å². The molecule has 126 valence electrons. The summed E-state index contributed by atoms with van der Waals surface area (Å²) in [7, 11) is 1.82. The number of rotatable bonds is 3. The highest BCUT2D eigenvalue weighted by atomic mass is 32.2. The zero-order chi connectivity index (χ0) is 17.3. The number of amides is 2. The summed E-state index contributed by atoms with van der Waals surface area (Å²) < 4.78 is 14.7. The summed E-state index contributed by atoms with van der Waals surface area (Å²) in [4.78, 5) is 26.9. The standard InChI is InChI=1S/C17H18FN3O2S/c1-11-7-8-20(2)15(11)17(23)21-10-24-9-14(21)16(22)19-13-5-3-12(18)4-6-13/h3-8,14H,9-10H2,1-2H3,(H,19,22)/t14-/m1/s1. The number of benzene rings is 1. The van der Waals surface area contributed by atoms with Gasteiger partial charge in [-0.3, -0.25) is 9.59 Å². The Balaban J connectivity index is 1.76. The van der Waals surface area contributed by atoms with E-state index in [9.17, 15) is 14.0 Å². The average Bonchev–Trinajstić information content (AvgIpc) is 3.16. The maximum Gasteiger partial charge on any atom is 0.272 e. The number of nitrogens with zero attached hydrogens (tertiary/aromatic N) is 2. The molecule has 1 saturated heterocycles. The molecule has 2 aromatic rings. The Morgan fingerprint density at radius 3 is 2.58 bits per heavy atom. The van der Waals surface area contributed by atoms with Gasteiger partial charge in [0.1, 0.15) is 17.6 Å². The van der Waals surface area contributed by atoms with Gasteiger partial charge in [-0.25, -0.2) is 4.39 Å². The number of anilines is 1. The average molecular weight is 347 g/mol. The molecule has 0 aliphatic carbocycles. The molecule has 1 N–H and O–H groups in total. The van der Waals surface area contributed by atoms with Crippen LogP contribution in [-0.2, 0) is 11.8 Å². The first-order valence-corrected chi connectivity index (χ1v) is 8.70. The maximum absolute atomic E-state index is 13.0. The number of halogens is 1. The van der Waals surface area contributed by atoms with Gasteiger partial charge in [0.15, 0.2) is 0 Å². The largest absolute Gasteiger partial charge is 0.346 e. The van der Waals surface area contributed by atoms with Crippen LogP contribution in [0.5, 0.6) is 0 Å². The van der Waals surface area contributed by atoms with Crippen molar-refractivity contribution in [3.05, 3.63) is 53.6 Å². The Kier molecular flexibility index (Phi) is 4.62. The van der Waals surface area contributed by atoms with Gasteiger partial charge in [0, 0.05) is 24.7 Å². The molecule has 3 rings (SSSR count). The third-order valence-corrected chi connectivity index (χ3v) is 5.05. The van der Waals surface area contributed by atoms with Crippen molar-refractivity contribution in [3.63, 3.8) is 0 Å². The van der Waals surface area contributed by atoms with Crippen LogP contribution in [0, 0.1) is 12.7 Å². The minimum absolute atomic E-state index is 0.149. The number of carbonyl (C=O) groups is 2. The normalized spacial score (nSPS) is 17.1. The van der Waals surface area contributed by atoms with Crippen molar-refractivity contribution in [1.82, 2.24) is 9.47 Å². The van der Waals surface area contributed by atoms with E-state index in [-0.39, 0.29) is 17.6 Å². The summed E-state index contributed by atoms with van der Waals surface area (Å²) in [6.45, 7) is 1.88. The second kappa shape index (κ2) is 6.68. The molecule has 0 spiro atoms. The zero-order valence-corrected chi connectivity index (χ0v) is 14.3. The minimum Gasteiger partial charge on any atom is -0.346 e. The van der Waals surface area contributed by atoms with Crippen LogP contribution in [0.25, 0.3) is 0 Å². The van der Waals surface area contributed by atoms with Crippen molar-refractivity contribution in [1.29, 1.82) is 0 Å². The van der Waals surface area contributed by atoms with Crippen LogP contribution in [0.1, 0.15) is 16.1 Å². The van der Waals surface area contributed by atoms with Crippen molar-refractivity contribution in [2.45, 2.75) is 13.0 Å². The highest BCUT2D eigenvalue weighted by Crippen LogP contribution is 2.25. The Morgan fingerprint density at radius 1 is 1.25 bits per heavy atom. The van der Waals surface area contributed by atoms with Gasteiger partial charge >= 0.3 is 0 Å². The van der Waals surface area contributed by atoms with Crippen molar-refractivity contribution in [2.24, 2.45) is 7.05 Å². The lowest BCUT2D eigenvalue weighted by Crippen LogP contribution is -2.45. The van der Waals surface area contributed by atoms with Crippen molar-refractivity contribution < 1.29 is 14.0 Å². The van der Waals surface area contributed by atoms with Crippen LogP contribution < -0.4 is 5.32 Å². The Hall–Kier alpha value is -2.28. The van der Waals surface area contributed by atoms with Gasteiger partial charge in [-0.15, -0.1) is 11.8 Å². The van der Waals surface area contributed by atoms with Crippen molar-refractivity contribution in [3.8, 4) is 0 Å². The highest BCUT2D eigenvalue weighted by molar-refractivity contribution is 7.99. The fourth-order valence-corrected chi connectivity index (χ4v) is 3.88. The summed E-state index contributed by atoms with van der Waals surface area (Å²) in [6.07, 6.45) is 1.83. The maximum atomic E-state index is 13.0.